The first-order chi connectivity index (χ1) is 7.99. The number of rotatable bonds is 4. The second-order valence-electron chi connectivity index (χ2n) is 4.52. The molecule has 1 unspecified atom stereocenters. The quantitative estimate of drug-likeness (QED) is 0.871. The van der Waals surface area contributed by atoms with Gasteiger partial charge < -0.3 is 10.0 Å². The maximum Gasteiger partial charge on any atom is 0.257 e. The van der Waals surface area contributed by atoms with Crippen LogP contribution in [0.1, 0.15) is 42.6 Å². The lowest BCUT2D eigenvalue weighted by Crippen LogP contribution is -2.35. The Hall–Kier alpha value is -1.51. The fourth-order valence-corrected chi connectivity index (χ4v) is 1.83. The molecule has 0 aliphatic rings. The Morgan fingerprint density at radius 3 is 2.71 bits per heavy atom. The van der Waals surface area contributed by atoms with Gasteiger partial charge in [0.2, 0.25) is 0 Å². The molecule has 1 rings (SSSR count). The molecule has 1 aromatic rings. The van der Waals surface area contributed by atoms with E-state index in [1.807, 2.05) is 6.92 Å². The lowest BCUT2D eigenvalue weighted by molar-refractivity contribution is 0.0733. The number of para-hydroxylation sites is 1. The molecule has 1 amide bonds. The van der Waals surface area contributed by atoms with Gasteiger partial charge in [0.15, 0.2) is 0 Å². The second kappa shape index (κ2) is 5.71. The van der Waals surface area contributed by atoms with Crippen LogP contribution in [-0.2, 0) is 0 Å². The van der Waals surface area contributed by atoms with E-state index in [9.17, 15) is 9.90 Å². The maximum absolute atomic E-state index is 12.2. The van der Waals surface area contributed by atoms with Crippen molar-refractivity contribution in [2.75, 3.05) is 7.05 Å². The largest absolute Gasteiger partial charge is 0.507 e. The highest BCUT2D eigenvalue weighted by Crippen LogP contribution is 2.23. The summed E-state index contributed by atoms with van der Waals surface area (Å²) in [6.07, 6.45) is 2.01. The number of phenolic OH excluding ortho intramolecular Hbond substituents is 1. The van der Waals surface area contributed by atoms with Crippen molar-refractivity contribution in [1.29, 1.82) is 0 Å². The standard InChI is InChI=1S/C14H21NO2/c1-5-7-11(3)15(4)14(17)12-9-6-8-10(2)13(12)16/h6,8-9,11,16H,5,7H2,1-4H3. The molecule has 0 radical (unpaired) electrons. The van der Waals surface area contributed by atoms with E-state index in [0.717, 1.165) is 18.4 Å². The Labute approximate surface area is 103 Å². The Morgan fingerprint density at radius 2 is 2.12 bits per heavy atom. The molecule has 3 heteroatoms. The Balaban J connectivity index is 2.93. The molecule has 0 aliphatic carbocycles. The summed E-state index contributed by atoms with van der Waals surface area (Å²) < 4.78 is 0. The van der Waals surface area contributed by atoms with E-state index in [0.29, 0.717) is 5.56 Å². The summed E-state index contributed by atoms with van der Waals surface area (Å²) in [7, 11) is 1.78. The molecule has 94 valence electrons. The molecule has 1 N–H and O–H groups in total. The highest BCUT2D eigenvalue weighted by molar-refractivity contribution is 5.97. The summed E-state index contributed by atoms with van der Waals surface area (Å²) in [4.78, 5) is 13.9. The van der Waals surface area contributed by atoms with E-state index in [4.69, 9.17) is 0 Å². The number of phenols is 1. The molecule has 3 nitrogen and oxygen atoms in total. The predicted octanol–water partition coefficient (Wildman–Crippen LogP) is 2.96. The van der Waals surface area contributed by atoms with E-state index in [2.05, 4.69) is 6.92 Å². The third kappa shape index (κ3) is 2.99. The van der Waals surface area contributed by atoms with Crippen molar-refractivity contribution in [3.8, 4) is 5.75 Å². The van der Waals surface area contributed by atoms with Crippen molar-refractivity contribution in [2.45, 2.75) is 39.7 Å². The zero-order valence-electron chi connectivity index (χ0n) is 11.0. The predicted molar refractivity (Wildman–Crippen MR) is 69.3 cm³/mol. The molecule has 0 aromatic heterocycles. The molecule has 0 aliphatic heterocycles. The minimum Gasteiger partial charge on any atom is -0.507 e. The van der Waals surface area contributed by atoms with Gasteiger partial charge in [-0.15, -0.1) is 0 Å². The number of nitrogens with zero attached hydrogens (tertiary/aromatic N) is 1. The second-order valence-corrected chi connectivity index (χ2v) is 4.52. The van der Waals surface area contributed by atoms with Crippen LogP contribution >= 0.6 is 0 Å². The summed E-state index contributed by atoms with van der Waals surface area (Å²) >= 11 is 0. The first-order valence-corrected chi connectivity index (χ1v) is 6.04. The molecule has 0 saturated carbocycles. The molecule has 0 fully saturated rings. The van der Waals surface area contributed by atoms with E-state index in [1.165, 1.54) is 0 Å². The third-order valence-corrected chi connectivity index (χ3v) is 3.16. The van der Waals surface area contributed by atoms with Crippen molar-refractivity contribution < 1.29 is 9.90 Å². The summed E-state index contributed by atoms with van der Waals surface area (Å²) in [5, 5.41) is 9.88. The van der Waals surface area contributed by atoms with E-state index >= 15 is 0 Å². The van der Waals surface area contributed by atoms with Crippen molar-refractivity contribution in [3.05, 3.63) is 29.3 Å². The fourth-order valence-electron chi connectivity index (χ4n) is 1.83. The van der Waals surface area contributed by atoms with Crippen LogP contribution in [0.4, 0.5) is 0 Å². The zero-order chi connectivity index (χ0) is 13.0. The van der Waals surface area contributed by atoms with Crippen LogP contribution in [0.3, 0.4) is 0 Å². The van der Waals surface area contributed by atoms with Crippen LogP contribution in [0.15, 0.2) is 18.2 Å². The van der Waals surface area contributed by atoms with Gasteiger partial charge in [0.1, 0.15) is 5.75 Å². The highest BCUT2D eigenvalue weighted by Gasteiger charge is 2.20. The lowest BCUT2D eigenvalue weighted by atomic mass is 10.1. The number of carbonyl (C=O) groups is 1. The number of amides is 1. The first kappa shape index (κ1) is 13.6. The van der Waals surface area contributed by atoms with Gasteiger partial charge in [0.05, 0.1) is 5.56 Å². The van der Waals surface area contributed by atoms with Gasteiger partial charge in [-0.2, -0.15) is 0 Å². The Kier molecular flexibility index (Phi) is 4.55. The molecule has 1 aromatic carbocycles. The average molecular weight is 235 g/mol. The smallest absolute Gasteiger partial charge is 0.257 e. The number of aromatic hydroxyl groups is 1. The zero-order valence-corrected chi connectivity index (χ0v) is 11.0. The van der Waals surface area contributed by atoms with Crippen LogP contribution in [-0.4, -0.2) is 29.0 Å². The molecular formula is C14H21NO2. The molecule has 0 bridgehead atoms. The van der Waals surface area contributed by atoms with Crippen molar-refractivity contribution in [1.82, 2.24) is 4.90 Å². The monoisotopic (exact) mass is 235 g/mol. The summed E-state index contributed by atoms with van der Waals surface area (Å²) in [5.41, 5.74) is 1.11. The SMILES string of the molecule is CCCC(C)N(C)C(=O)c1cccc(C)c1O. The summed E-state index contributed by atoms with van der Waals surface area (Å²) in [6, 6.07) is 5.44. The summed E-state index contributed by atoms with van der Waals surface area (Å²) in [6.45, 7) is 5.91. The lowest BCUT2D eigenvalue weighted by Gasteiger charge is -2.25. The molecule has 0 spiro atoms. The number of hydrogen-bond donors (Lipinski definition) is 1. The molecule has 17 heavy (non-hydrogen) atoms. The van der Waals surface area contributed by atoms with Crippen LogP contribution in [0.25, 0.3) is 0 Å². The minimum absolute atomic E-state index is 0.0908. The molecule has 0 heterocycles. The van der Waals surface area contributed by atoms with Gasteiger partial charge in [0, 0.05) is 13.1 Å². The summed E-state index contributed by atoms with van der Waals surface area (Å²) in [5.74, 6) is -0.0276. The topological polar surface area (TPSA) is 40.5 Å². The number of aryl methyl sites for hydroxylation is 1. The van der Waals surface area contributed by atoms with Crippen LogP contribution in [0, 0.1) is 6.92 Å². The maximum atomic E-state index is 12.2. The number of carbonyl (C=O) groups excluding carboxylic acids is 1. The van der Waals surface area contributed by atoms with Crippen LogP contribution < -0.4 is 0 Å². The highest BCUT2D eigenvalue weighted by atomic mass is 16.3. The van der Waals surface area contributed by atoms with Crippen LogP contribution in [0.2, 0.25) is 0 Å². The minimum atomic E-state index is -0.118. The first-order valence-electron chi connectivity index (χ1n) is 6.04. The van der Waals surface area contributed by atoms with E-state index in [1.54, 1.807) is 37.1 Å². The Morgan fingerprint density at radius 1 is 1.47 bits per heavy atom. The van der Waals surface area contributed by atoms with Crippen LogP contribution in [0.5, 0.6) is 5.75 Å². The van der Waals surface area contributed by atoms with Gasteiger partial charge in [-0.1, -0.05) is 25.5 Å². The van der Waals surface area contributed by atoms with Gasteiger partial charge in [0.25, 0.3) is 5.91 Å². The van der Waals surface area contributed by atoms with E-state index in [-0.39, 0.29) is 17.7 Å². The third-order valence-electron chi connectivity index (χ3n) is 3.16. The number of benzene rings is 1. The van der Waals surface area contributed by atoms with Crippen molar-refractivity contribution >= 4 is 5.91 Å². The average Bonchev–Trinajstić information content (AvgIpc) is 2.31. The van der Waals surface area contributed by atoms with Gasteiger partial charge in [-0.25, -0.2) is 0 Å². The Bertz CT molecular complexity index is 401. The van der Waals surface area contributed by atoms with Crippen molar-refractivity contribution in [3.63, 3.8) is 0 Å². The van der Waals surface area contributed by atoms with Gasteiger partial charge >= 0.3 is 0 Å². The van der Waals surface area contributed by atoms with Gasteiger partial charge in [-0.3, -0.25) is 4.79 Å². The van der Waals surface area contributed by atoms with Gasteiger partial charge in [-0.05, 0) is 31.9 Å². The van der Waals surface area contributed by atoms with E-state index < -0.39 is 0 Å². The molecule has 0 saturated heterocycles. The molecule has 1 atom stereocenters. The number of hydrogen-bond acceptors (Lipinski definition) is 2. The normalized spacial score (nSPS) is 12.2. The fraction of sp³-hybridized carbons (Fsp3) is 0.500. The van der Waals surface area contributed by atoms with Crippen molar-refractivity contribution in [2.24, 2.45) is 0 Å². The molecular weight excluding hydrogens is 214 g/mol.